The summed E-state index contributed by atoms with van der Waals surface area (Å²) in [6.45, 7) is 20.5. The zero-order valence-corrected chi connectivity index (χ0v) is 22.3. The van der Waals surface area contributed by atoms with E-state index in [4.69, 9.17) is 30.1 Å². The summed E-state index contributed by atoms with van der Waals surface area (Å²) in [5.41, 5.74) is -1.08. The van der Waals surface area contributed by atoms with Crippen LogP contribution in [0, 0.1) is 12.3 Å². The number of ether oxygens (including phenoxy) is 1. The van der Waals surface area contributed by atoms with E-state index in [1.54, 1.807) is 18.5 Å². The number of hydrogen-bond donors (Lipinski definition) is 0. The first-order valence-electron chi connectivity index (χ1n) is 10.6. The van der Waals surface area contributed by atoms with Crippen LogP contribution in [0.15, 0.2) is 0 Å². The van der Waals surface area contributed by atoms with Crippen molar-refractivity contribution in [3.05, 3.63) is 11.6 Å². The molecule has 1 unspecified atom stereocenters. The highest BCUT2D eigenvalue weighted by molar-refractivity contribution is 6.70. The SMILES string of the molecule is C#CCCC(C)(C(=O)OCC)n1nc([C@H](C)O[Si](C)(C)C)nc1[C@H](C)O[Si](C)(C)C. The molecule has 1 aromatic heterocycles. The third-order valence-corrected chi connectivity index (χ3v) is 6.50. The predicted molar refractivity (Wildman–Crippen MR) is 124 cm³/mol. The van der Waals surface area contributed by atoms with Gasteiger partial charge in [-0.1, -0.05) is 0 Å². The first-order valence-corrected chi connectivity index (χ1v) is 17.4. The molecule has 0 aliphatic carbocycles. The van der Waals surface area contributed by atoms with Gasteiger partial charge in [-0.25, -0.2) is 14.5 Å². The summed E-state index contributed by atoms with van der Waals surface area (Å²) >= 11 is 0. The third kappa shape index (κ3) is 7.34. The van der Waals surface area contributed by atoms with E-state index in [-0.39, 0.29) is 24.8 Å². The molecule has 0 bridgehead atoms. The monoisotopic (exact) mass is 453 g/mol. The first-order chi connectivity index (χ1) is 13.6. The Labute approximate surface area is 184 Å². The molecule has 170 valence electrons. The molecule has 0 amide bonds. The van der Waals surface area contributed by atoms with Crippen molar-refractivity contribution in [2.75, 3.05) is 6.61 Å². The Balaban J connectivity index is 3.56. The molecule has 0 saturated heterocycles. The molecule has 0 aliphatic rings. The van der Waals surface area contributed by atoms with Gasteiger partial charge in [0.2, 0.25) is 0 Å². The maximum atomic E-state index is 13.0. The molecule has 3 atom stereocenters. The van der Waals surface area contributed by atoms with Crippen molar-refractivity contribution in [1.82, 2.24) is 14.8 Å². The summed E-state index contributed by atoms with van der Waals surface area (Å²) in [4.78, 5) is 17.8. The van der Waals surface area contributed by atoms with Crippen LogP contribution in [0.1, 0.15) is 64.4 Å². The smallest absolute Gasteiger partial charge is 0.333 e. The van der Waals surface area contributed by atoms with Gasteiger partial charge in [0.15, 0.2) is 33.8 Å². The van der Waals surface area contributed by atoms with E-state index < -0.39 is 22.2 Å². The minimum Gasteiger partial charge on any atom is -0.464 e. The minimum atomic E-state index is -1.86. The molecule has 1 rings (SSSR count). The lowest BCUT2D eigenvalue weighted by atomic mass is 9.95. The van der Waals surface area contributed by atoms with Crippen LogP contribution in [0.3, 0.4) is 0 Å². The minimum absolute atomic E-state index is 0.275. The lowest BCUT2D eigenvalue weighted by Crippen LogP contribution is -2.43. The van der Waals surface area contributed by atoms with Gasteiger partial charge < -0.3 is 13.6 Å². The van der Waals surface area contributed by atoms with Crippen LogP contribution in [0.25, 0.3) is 0 Å². The summed E-state index contributed by atoms with van der Waals surface area (Å²) in [7, 11) is -3.67. The van der Waals surface area contributed by atoms with Gasteiger partial charge in [-0.2, -0.15) is 5.10 Å². The maximum absolute atomic E-state index is 13.0. The van der Waals surface area contributed by atoms with E-state index in [0.29, 0.717) is 24.5 Å². The van der Waals surface area contributed by atoms with E-state index in [1.807, 2.05) is 13.8 Å². The molecular weight excluding hydrogens is 414 g/mol. The number of carbonyl (C=O) groups excluding carboxylic acids is 1. The quantitative estimate of drug-likeness (QED) is 0.272. The van der Waals surface area contributed by atoms with Crippen molar-refractivity contribution in [3.63, 3.8) is 0 Å². The largest absolute Gasteiger partial charge is 0.464 e. The second kappa shape index (κ2) is 10.2. The fraction of sp³-hybridized carbons (Fsp3) is 0.762. The predicted octanol–water partition coefficient (Wildman–Crippen LogP) is 4.79. The van der Waals surface area contributed by atoms with Crippen molar-refractivity contribution >= 4 is 22.6 Å². The van der Waals surface area contributed by atoms with Crippen LogP contribution < -0.4 is 0 Å². The Morgan fingerprint density at radius 3 is 2.13 bits per heavy atom. The molecule has 0 radical (unpaired) electrons. The number of hydrogen-bond acceptors (Lipinski definition) is 6. The zero-order chi connectivity index (χ0) is 23.3. The molecule has 0 aliphatic heterocycles. The highest BCUT2D eigenvalue weighted by Crippen LogP contribution is 2.31. The molecule has 0 saturated carbocycles. The Morgan fingerprint density at radius 2 is 1.67 bits per heavy atom. The van der Waals surface area contributed by atoms with Crippen LogP contribution in [-0.4, -0.2) is 44.0 Å². The summed E-state index contributed by atoms with van der Waals surface area (Å²) in [6.07, 6.45) is 5.68. The fourth-order valence-electron chi connectivity index (χ4n) is 3.20. The molecule has 7 nitrogen and oxygen atoms in total. The normalized spacial score (nSPS) is 16.4. The van der Waals surface area contributed by atoms with E-state index in [2.05, 4.69) is 45.2 Å². The van der Waals surface area contributed by atoms with Gasteiger partial charge in [0, 0.05) is 6.42 Å². The van der Waals surface area contributed by atoms with Crippen LogP contribution in [0.5, 0.6) is 0 Å². The molecule has 0 N–H and O–H groups in total. The Morgan fingerprint density at radius 1 is 1.13 bits per heavy atom. The average molecular weight is 454 g/mol. The molecule has 1 aromatic rings. The van der Waals surface area contributed by atoms with Gasteiger partial charge in [0.25, 0.3) is 0 Å². The van der Waals surface area contributed by atoms with Crippen molar-refractivity contribution in [1.29, 1.82) is 0 Å². The van der Waals surface area contributed by atoms with Gasteiger partial charge in [-0.05, 0) is 73.4 Å². The van der Waals surface area contributed by atoms with Crippen LogP contribution in [0.2, 0.25) is 39.3 Å². The highest BCUT2D eigenvalue weighted by atomic mass is 28.4. The Bertz CT molecular complexity index is 762. The molecule has 0 fully saturated rings. The van der Waals surface area contributed by atoms with Gasteiger partial charge in [0.1, 0.15) is 12.2 Å². The number of esters is 1. The number of nitrogens with zero attached hydrogens (tertiary/aromatic N) is 3. The second-order valence-electron chi connectivity index (χ2n) is 9.68. The fourth-order valence-corrected chi connectivity index (χ4v) is 5.53. The molecular formula is C21H39N3O4Si2. The Kier molecular flexibility index (Phi) is 9.05. The van der Waals surface area contributed by atoms with E-state index in [1.165, 1.54) is 0 Å². The summed E-state index contributed by atoms with van der Waals surface area (Å²) in [6, 6.07) is 0. The van der Waals surface area contributed by atoms with Crippen molar-refractivity contribution in [2.24, 2.45) is 0 Å². The lowest BCUT2D eigenvalue weighted by Gasteiger charge is -2.30. The number of aromatic nitrogens is 3. The molecule has 1 heterocycles. The van der Waals surface area contributed by atoms with Crippen LogP contribution in [-0.2, 0) is 23.9 Å². The topological polar surface area (TPSA) is 75.5 Å². The van der Waals surface area contributed by atoms with Gasteiger partial charge in [0.05, 0.1) is 6.61 Å². The summed E-state index contributed by atoms with van der Waals surface area (Å²) in [5.74, 6) is 3.37. The van der Waals surface area contributed by atoms with Gasteiger partial charge in [-0.15, -0.1) is 12.3 Å². The number of carbonyl (C=O) groups is 1. The van der Waals surface area contributed by atoms with Crippen LogP contribution in [0.4, 0.5) is 0 Å². The molecule has 9 heteroatoms. The Hall–Kier alpha value is -1.48. The summed E-state index contributed by atoms with van der Waals surface area (Å²) in [5, 5.41) is 4.74. The maximum Gasteiger partial charge on any atom is 0.333 e. The van der Waals surface area contributed by atoms with Crippen molar-refractivity contribution < 1.29 is 18.4 Å². The first kappa shape index (κ1) is 26.6. The number of rotatable bonds is 11. The zero-order valence-electron chi connectivity index (χ0n) is 20.3. The summed E-state index contributed by atoms with van der Waals surface area (Å²) < 4.78 is 19.5. The van der Waals surface area contributed by atoms with Crippen LogP contribution >= 0.6 is 0 Å². The highest BCUT2D eigenvalue weighted by Gasteiger charge is 2.41. The van der Waals surface area contributed by atoms with E-state index in [0.717, 1.165) is 0 Å². The standard InChI is InChI=1S/C21H39N3O4Si2/c1-12-14-15-21(5,20(25)26-13-2)24-19(17(4)28-30(9,10)11)22-18(23-24)16(3)27-29(6,7)8/h1,16-17H,13-15H2,2-11H3/t16-,17-,21?/m0/s1. The molecule has 0 spiro atoms. The number of terminal acetylenes is 1. The van der Waals surface area contributed by atoms with Gasteiger partial charge >= 0.3 is 5.97 Å². The molecule has 0 aromatic carbocycles. The second-order valence-corrected chi connectivity index (χ2v) is 18.6. The van der Waals surface area contributed by atoms with Gasteiger partial charge in [-0.3, -0.25) is 0 Å². The van der Waals surface area contributed by atoms with E-state index in [9.17, 15) is 4.79 Å². The van der Waals surface area contributed by atoms with E-state index >= 15 is 0 Å². The van der Waals surface area contributed by atoms with Crippen molar-refractivity contribution in [3.8, 4) is 12.3 Å². The molecule has 30 heavy (non-hydrogen) atoms. The van der Waals surface area contributed by atoms with Crippen molar-refractivity contribution in [2.45, 2.75) is 97.6 Å². The lowest BCUT2D eigenvalue weighted by molar-refractivity contribution is -0.154. The third-order valence-electron chi connectivity index (χ3n) is 4.38. The average Bonchev–Trinajstić information content (AvgIpc) is 3.03.